The van der Waals surface area contributed by atoms with Gasteiger partial charge in [-0.2, -0.15) is 0 Å². The van der Waals surface area contributed by atoms with Crippen LogP contribution in [0.3, 0.4) is 0 Å². The van der Waals surface area contributed by atoms with Crippen molar-refractivity contribution in [1.82, 2.24) is 9.88 Å². The summed E-state index contributed by atoms with van der Waals surface area (Å²) in [6, 6.07) is 7.28. The minimum atomic E-state index is -1.11. The fourth-order valence-corrected chi connectivity index (χ4v) is 4.27. The number of nitrogens with one attached hydrogen (secondary N) is 1. The molecule has 2 heterocycles. The van der Waals surface area contributed by atoms with Crippen LogP contribution in [0.1, 0.15) is 26.4 Å². The fraction of sp³-hybridized carbons (Fsp3) is 0.238. The van der Waals surface area contributed by atoms with Crippen LogP contribution in [0.15, 0.2) is 30.3 Å². The number of aromatic carboxylic acids is 1. The Hall–Kier alpha value is -2.81. The van der Waals surface area contributed by atoms with Gasteiger partial charge in [-0.3, -0.25) is 4.79 Å². The van der Waals surface area contributed by atoms with E-state index in [-0.39, 0.29) is 40.3 Å². The normalized spacial score (nSPS) is 14.9. The second-order valence-electron chi connectivity index (χ2n) is 7.26. The monoisotopic (exact) mass is 466 g/mol. The van der Waals surface area contributed by atoms with Crippen molar-refractivity contribution in [2.24, 2.45) is 7.05 Å². The van der Waals surface area contributed by atoms with Gasteiger partial charge in [0.05, 0.1) is 36.4 Å². The van der Waals surface area contributed by atoms with Crippen LogP contribution in [-0.2, 0) is 17.3 Å². The first-order valence-electron chi connectivity index (χ1n) is 9.13. The summed E-state index contributed by atoms with van der Waals surface area (Å²) in [5.41, 5.74) is 0.428. The van der Waals surface area contributed by atoms with Crippen LogP contribution in [0, 0.1) is 5.82 Å². The minimum absolute atomic E-state index is 0.0279. The molecule has 1 saturated heterocycles. The molecule has 2 N–H and O–H groups in total. The van der Waals surface area contributed by atoms with E-state index in [0.29, 0.717) is 16.5 Å². The van der Waals surface area contributed by atoms with E-state index >= 15 is 0 Å². The number of aromatic nitrogens is 1. The average Bonchev–Trinajstić information content (AvgIpc) is 3.04. The molecule has 162 valence electrons. The first-order chi connectivity index (χ1) is 14.7. The van der Waals surface area contributed by atoms with Crippen LogP contribution in [0.2, 0.25) is 10.0 Å². The Bertz CT molecular complexity index is 1240. The van der Waals surface area contributed by atoms with Gasteiger partial charge in [-0.1, -0.05) is 29.3 Å². The molecule has 0 aliphatic carbocycles. The van der Waals surface area contributed by atoms with Gasteiger partial charge in [0.25, 0.3) is 5.91 Å². The van der Waals surface area contributed by atoms with Crippen LogP contribution >= 0.6 is 23.2 Å². The molecule has 7 nitrogen and oxygen atoms in total. The number of fused-ring (bicyclic) bond motifs is 1. The van der Waals surface area contributed by atoms with E-state index in [1.807, 2.05) is 0 Å². The Balaban J connectivity index is 1.72. The van der Waals surface area contributed by atoms with Gasteiger partial charge in [0.15, 0.2) is 11.6 Å². The van der Waals surface area contributed by atoms with Gasteiger partial charge in [-0.15, -0.1) is 0 Å². The van der Waals surface area contributed by atoms with Gasteiger partial charge in [0.2, 0.25) is 0 Å². The first-order valence-corrected chi connectivity index (χ1v) is 9.89. The molecule has 2 aromatic carbocycles. The Morgan fingerprint density at radius 1 is 1.26 bits per heavy atom. The number of carbonyl (C=O) groups excluding carboxylic acids is 1. The molecule has 1 aliphatic heterocycles. The zero-order valence-electron chi connectivity index (χ0n) is 16.5. The zero-order chi connectivity index (χ0) is 22.5. The lowest BCUT2D eigenvalue weighted by atomic mass is 9.87. The number of hydrogen-bond acceptors (Lipinski definition) is 4. The lowest BCUT2D eigenvalue weighted by molar-refractivity contribution is -0.0734. The summed E-state index contributed by atoms with van der Waals surface area (Å²) in [5, 5.41) is 12.5. The molecular weight excluding hydrogens is 450 g/mol. The molecular formula is C21H17Cl2FN2O5. The summed E-state index contributed by atoms with van der Waals surface area (Å²) in [6.07, 6.45) is 0. The van der Waals surface area contributed by atoms with Crippen LogP contribution in [0.5, 0.6) is 5.75 Å². The quantitative estimate of drug-likeness (QED) is 0.593. The number of carboxylic acids is 1. The highest BCUT2D eigenvalue weighted by Gasteiger charge is 2.44. The van der Waals surface area contributed by atoms with E-state index < -0.39 is 23.2 Å². The molecule has 0 atom stereocenters. The largest absolute Gasteiger partial charge is 0.494 e. The second-order valence-corrected chi connectivity index (χ2v) is 8.04. The third-order valence-corrected chi connectivity index (χ3v) is 6.11. The number of aryl methyl sites for hydroxylation is 1. The second kappa shape index (κ2) is 7.71. The van der Waals surface area contributed by atoms with Gasteiger partial charge < -0.3 is 24.5 Å². The SMILES string of the molecule is COc1cc2c(cc(C(=O)NC3(c4ccc(C(=O)O)cc4Cl)COC3)n2C)c(Cl)c1F. The average molecular weight is 467 g/mol. The van der Waals surface area contributed by atoms with Crippen molar-refractivity contribution in [2.75, 3.05) is 20.3 Å². The topological polar surface area (TPSA) is 89.8 Å². The molecule has 0 unspecified atom stereocenters. The molecule has 0 saturated carbocycles. The molecule has 1 aromatic heterocycles. The maximum absolute atomic E-state index is 14.3. The number of methoxy groups -OCH3 is 1. The highest BCUT2D eigenvalue weighted by molar-refractivity contribution is 6.36. The van der Waals surface area contributed by atoms with E-state index in [1.165, 1.54) is 31.4 Å². The van der Waals surface area contributed by atoms with Crippen LogP contribution in [-0.4, -0.2) is 41.9 Å². The highest BCUT2D eigenvalue weighted by Crippen LogP contribution is 2.37. The first kappa shape index (κ1) is 21.4. The molecule has 4 rings (SSSR count). The number of benzene rings is 2. The van der Waals surface area contributed by atoms with Gasteiger partial charge in [0, 0.05) is 29.1 Å². The maximum Gasteiger partial charge on any atom is 0.335 e. The molecule has 1 fully saturated rings. The molecule has 1 aliphatic rings. The van der Waals surface area contributed by atoms with E-state index in [2.05, 4.69) is 5.32 Å². The number of rotatable bonds is 5. The Morgan fingerprint density at radius 3 is 2.52 bits per heavy atom. The van der Waals surface area contributed by atoms with E-state index in [0.717, 1.165) is 0 Å². The van der Waals surface area contributed by atoms with E-state index in [4.69, 9.17) is 37.8 Å². The van der Waals surface area contributed by atoms with Crippen molar-refractivity contribution in [3.63, 3.8) is 0 Å². The highest BCUT2D eigenvalue weighted by atomic mass is 35.5. The van der Waals surface area contributed by atoms with Crippen molar-refractivity contribution in [2.45, 2.75) is 5.54 Å². The maximum atomic E-state index is 14.3. The van der Waals surface area contributed by atoms with Gasteiger partial charge in [-0.25, -0.2) is 9.18 Å². The summed E-state index contributed by atoms with van der Waals surface area (Å²) in [7, 11) is 2.99. The molecule has 0 spiro atoms. The predicted octanol–water partition coefficient (Wildman–Crippen LogP) is 3.99. The molecule has 31 heavy (non-hydrogen) atoms. The Kier molecular flexibility index (Phi) is 5.33. The van der Waals surface area contributed by atoms with Crippen molar-refractivity contribution in [1.29, 1.82) is 0 Å². The van der Waals surface area contributed by atoms with Crippen molar-refractivity contribution < 1.29 is 28.6 Å². The van der Waals surface area contributed by atoms with Gasteiger partial charge >= 0.3 is 5.97 Å². The van der Waals surface area contributed by atoms with Crippen LogP contribution in [0.4, 0.5) is 4.39 Å². The number of amides is 1. The zero-order valence-corrected chi connectivity index (χ0v) is 18.0. The number of hydrogen-bond donors (Lipinski definition) is 2. The van der Waals surface area contributed by atoms with Crippen molar-refractivity contribution >= 4 is 46.0 Å². The van der Waals surface area contributed by atoms with Gasteiger partial charge in [0.1, 0.15) is 11.2 Å². The molecule has 3 aromatic rings. The minimum Gasteiger partial charge on any atom is -0.494 e. The number of nitrogens with zero attached hydrogens (tertiary/aromatic N) is 1. The van der Waals surface area contributed by atoms with Crippen LogP contribution < -0.4 is 10.1 Å². The summed E-state index contributed by atoms with van der Waals surface area (Å²) in [4.78, 5) is 24.3. The van der Waals surface area contributed by atoms with Crippen molar-refractivity contribution in [3.8, 4) is 5.75 Å². The number of ether oxygens (including phenoxy) is 2. The number of carboxylic acid groups (broad SMARTS) is 1. The Labute approximate surface area is 186 Å². The smallest absolute Gasteiger partial charge is 0.335 e. The molecule has 0 radical (unpaired) electrons. The summed E-state index contributed by atoms with van der Waals surface area (Å²) < 4.78 is 26.3. The lowest BCUT2D eigenvalue weighted by Crippen LogP contribution is -2.59. The summed E-state index contributed by atoms with van der Waals surface area (Å²) >= 11 is 12.5. The van der Waals surface area contributed by atoms with Crippen molar-refractivity contribution in [3.05, 3.63) is 63.0 Å². The predicted molar refractivity (Wildman–Crippen MR) is 113 cm³/mol. The third-order valence-electron chi connectivity index (χ3n) is 5.43. The summed E-state index contributed by atoms with van der Waals surface area (Å²) in [5.74, 6) is -2.29. The lowest BCUT2D eigenvalue weighted by Gasteiger charge is -2.43. The number of halogens is 3. The molecule has 10 heteroatoms. The molecule has 0 bridgehead atoms. The third kappa shape index (κ3) is 3.40. The fourth-order valence-electron chi connectivity index (χ4n) is 3.67. The Morgan fingerprint density at radius 2 is 1.97 bits per heavy atom. The summed E-state index contributed by atoms with van der Waals surface area (Å²) in [6.45, 7) is 0.329. The van der Waals surface area contributed by atoms with Crippen LogP contribution in [0.25, 0.3) is 10.9 Å². The van der Waals surface area contributed by atoms with E-state index in [1.54, 1.807) is 17.7 Å². The molecule has 1 amide bonds. The number of carbonyl (C=O) groups is 2. The van der Waals surface area contributed by atoms with Gasteiger partial charge in [-0.05, 0) is 18.2 Å². The standard InChI is InChI=1S/C21H17Cl2FN2O5/c1-26-14-7-16(30-2)18(24)17(23)11(14)6-15(26)19(27)25-21(8-31-9-21)12-4-3-10(20(28)29)5-13(12)22/h3-7H,8-9H2,1-2H3,(H,25,27)(H,28,29). The van der Waals surface area contributed by atoms with E-state index in [9.17, 15) is 14.0 Å².